The van der Waals surface area contributed by atoms with Gasteiger partial charge in [0.25, 0.3) is 5.56 Å². The van der Waals surface area contributed by atoms with Gasteiger partial charge in [-0.3, -0.25) is 14.4 Å². The average Bonchev–Trinajstić information content (AvgIpc) is 2.66. The second-order valence-electron chi connectivity index (χ2n) is 5.42. The van der Waals surface area contributed by atoms with E-state index in [1.54, 1.807) is 0 Å². The van der Waals surface area contributed by atoms with Gasteiger partial charge in [0.2, 0.25) is 0 Å². The monoisotopic (exact) mass is 301 g/mol. The second-order valence-corrected chi connectivity index (χ2v) is 6.43. The maximum atomic E-state index is 12.4. The van der Waals surface area contributed by atoms with Crippen molar-refractivity contribution >= 4 is 23.1 Å². The second kappa shape index (κ2) is 5.85. The van der Waals surface area contributed by atoms with Crippen molar-refractivity contribution in [3.8, 4) is 0 Å². The van der Waals surface area contributed by atoms with Crippen molar-refractivity contribution < 1.29 is 0 Å². The van der Waals surface area contributed by atoms with Gasteiger partial charge in [0.1, 0.15) is 0 Å². The standard InChI is InChI=1S/C16H19N3OS/c1-18(2)13-7-5-12(6-8-13)11-14-15(20)19-10-4-3-9-17-16(19)21-14/h5-8,11H,3-4,9-10H2,1-2H3. The predicted molar refractivity (Wildman–Crippen MR) is 87.8 cm³/mol. The molecule has 0 bridgehead atoms. The summed E-state index contributed by atoms with van der Waals surface area (Å²) in [5, 5.41) is 0. The Morgan fingerprint density at radius 1 is 1.24 bits per heavy atom. The zero-order valence-electron chi connectivity index (χ0n) is 12.4. The first-order valence-electron chi connectivity index (χ1n) is 7.18. The number of benzene rings is 1. The van der Waals surface area contributed by atoms with Crippen molar-refractivity contribution in [3.63, 3.8) is 0 Å². The van der Waals surface area contributed by atoms with E-state index in [0.29, 0.717) is 0 Å². The van der Waals surface area contributed by atoms with E-state index in [-0.39, 0.29) is 5.56 Å². The van der Waals surface area contributed by atoms with E-state index in [4.69, 9.17) is 0 Å². The molecule has 5 heteroatoms. The number of hydrogen-bond donors (Lipinski definition) is 0. The third-order valence-electron chi connectivity index (χ3n) is 3.63. The highest BCUT2D eigenvalue weighted by molar-refractivity contribution is 7.07. The molecule has 21 heavy (non-hydrogen) atoms. The van der Waals surface area contributed by atoms with E-state index in [1.165, 1.54) is 11.3 Å². The van der Waals surface area contributed by atoms with Crippen LogP contribution in [0.15, 0.2) is 34.1 Å². The average molecular weight is 301 g/mol. The Morgan fingerprint density at radius 3 is 2.71 bits per heavy atom. The molecule has 0 radical (unpaired) electrons. The van der Waals surface area contributed by atoms with Crippen LogP contribution in [0, 0.1) is 0 Å². The van der Waals surface area contributed by atoms with Crippen LogP contribution in [0.5, 0.6) is 0 Å². The highest BCUT2D eigenvalue weighted by atomic mass is 32.1. The van der Waals surface area contributed by atoms with Crippen LogP contribution in [0.3, 0.4) is 0 Å². The van der Waals surface area contributed by atoms with Crippen LogP contribution < -0.4 is 19.8 Å². The zero-order chi connectivity index (χ0) is 14.8. The molecular weight excluding hydrogens is 282 g/mol. The number of aromatic nitrogens is 1. The maximum Gasteiger partial charge on any atom is 0.270 e. The molecule has 0 aliphatic carbocycles. The number of rotatable bonds is 2. The normalized spacial score (nSPS) is 15.2. The molecule has 110 valence electrons. The smallest absolute Gasteiger partial charge is 0.270 e. The number of anilines is 1. The van der Waals surface area contributed by atoms with Crippen LogP contribution >= 0.6 is 11.3 Å². The largest absolute Gasteiger partial charge is 0.378 e. The highest BCUT2D eigenvalue weighted by Gasteiger charge is 2.07. The zero-order valence-corrected chi connectivity index (χ0v) is 13.2. The van der Waals surface area contributed by atoms with Crippen molar-refractivity contribution in [2.24, 2.45) is 4.99 Å². The van der Waals surface area contributed by atoms with Gasteiger partial charge in [-0.2, -0.15) is 0 Å². The highest BCUT2D eigenvalue weighted by Crippen LogP contribution is 2.12. The Kier molecular flexibility index (Phi) is 3.92. The van der Waals surface area contributed by atoms with Gasteiger partial charge >= 0.3 is 0 Å². The van der Waals surface area contributed by atoms with E-state index in [0.717, 1.165) is 46.5 Å². The quantitative estimate of drug-likeness (QED) is 0.836. The van der Waals surface area contributed by atoms with Crippen LogP contribution in [0.25, 0.3) is 6.08 Å². The van der Waals surface area contributed by atoms with Crippen molar-refractivity contribution in [1.82, 2.24) is 4.57 Å². The fourth-order valence-electron chi connectivity index (χ4n) is 2.40. The lowest BCUT2D eigenvalue weighted by molar-refractivity contribution is 0.621. The molecule has 1 aromatic carbocycles. The third-order valence-corrected chi connectivity index (χ3v) is 4.68. The Labute approximate surface area is 127 Å². The summed E-state index contributed by atoms with van der Waals surface area (Å²) in [4.78, 5) is 19.9. The van der Waals surface area contributed by atoms with E-state index >= 15 is 0 Å². The summed E-state index contributed by atoms with van der Waals surface area (Å²) < 4.78 is 2.59. The van der Waals surface area contributed by atoms with Crippen molar-refractivity contribution in [2.45, 2.75) is 19.4 Å². The van der Waals surface area contributed by atoms with E-state index < -0.39 is 0 Å². The number of nitrogens with zero attached hydrogens (tertiary/aromatic N) is 3. The molecule has 1 aliphatic rings. The summed E-state index contributed by atoms with van der Waals surface area (Å²) in [6.07, 6.45) is 4.06. The minimum atomic E-state index is 0.0948. The van der Waals surface area contributed by atoms with E-state index in [9.17, 15) is 4.79 Å². The molecule has 0 unspecified atom stereocenters. The van der Waals surface area contributed by atoms with Crippen molar-refractivity contribution in [1.29, 1.82) is 0 Å². The third kappa shape index (κ3) is 2.93. The summed E-state index contributed by atoms with van der Waals surface area (Å²) in [7, 11) is 4.03. The van der Waals surface area contributed by atoms with Crippen molar-refractivity contribution in [2.75, 3.05) is 25.5 Å². The van der Waals surface area contributed by atoms with Crippen molar-refractivity contribution in [3.05, 3.63) is 49.5 Å². The van der Waals surface area contributed by atoms with Crippen LogP contribution in [0.4, 0.5) is 5.69 Å². The van der Waals surface area contributed by atoms with Gasteiger partial charge in [-0.1, -0.05) is 23.5 Å². The van der Waals surface area contributed by atoms with Crippen LogP contribution in [0.2, 0.25) is 0 Å². The summed E-state index contributed by atoms with van der Waals surface area (Å²) in [6, 6.07) is 8.21. The minimum absolute atomic E-state index is 0.0948. The number of fused-ring (bicyclic) bond motifs is 1. The summed E-state index contributed by atoms with van der Waals surface area (Å²) >= 11 is 1.50. The Bertz CT molecular complexity index is 800. The van der Waals surface area contributed by atoms with E-state index in [2.05, 4.69) is 22.0 Å². The molecule has 0 N–H and O–H groups in total. The van der Waals surface area contributed by atoms with Crippen LogP contribution in [-0.4, -0.2) is 25.2 Å². The van der Waals surface area contributed by atoms with Gasteiger partial charge in [0.15, 0.2) is 4.80 Å². The molecule has 4 nitrogen and oxygen atoms in total. The minimum Gasteiger partial charge on any atom is -0.378 e. The first-order valence-corrected chi connectivity index (χ1v) is 8.00. The molecular formula is C16H19N3OS. The van der Waals surface area contributed by atoms with Gasteiger partial charge < -0.3 is 4.90 Å². The number of hydrogen-bond acceptors (Lipinski definition) is 4. The Balaban J connectivity index is 2.04. The molecule has 0 amide bonds. The molecule has 0 atom stereocenters. The lowest BCUT2D eigenvalue weighted by Crippen LogP contribution is -2.30. The molecule has 3 rings (SSSR count). The Hall–Kier alpha value is -1.88. The molecule has 0 fully saturated rings. The summed E-state index contributed by atoms with van der Waals surface area (Å²) in [6.45, 7) is 1.62. The lowest BCUT2D eigenvalue weighted by Gasteiger charge is -2.11. The fraction of sp³-hybridized carbons (Fsp3) is 0.375. The molecule has 1 aliphatic heterocycles. The van der Waals surface area contributed by atoms with Crippen LogP contribution in [-0.2, 0) is 6.54 Å². The van der Waals surface area contributed by atoms with Gasteiger partial charge in [-0.05, 0) is 36.6 Å². The van der Waals surface area contributed by atoms with E-state index in [1.807, 2.05) is 36.9 Å². The summed E-state index contributed by atoms with van der Waals surface area (Å²) in [5.41, 5.74) is 2.30. The fourth-order valence-corrected chi connectivity index (χ4v) is 3.43. The first-order chi connectivity index (χ1) is 10.1. The molecule has 0 saturated carbocycles. The topological polar surface area (TPSA) is 37.6 Å². The van der Waals surface area contributed by atoms with Gasteiger partial charge in [0.05, 0.1) is 4.53 Å². The molecule has 0 saturated heterocycles. The van der Waals surface area contributed by atoms with Gasteiger partial charge in [-0.15, -0.1) is 0 Å². The molecule has 1 aromatic heterocycles. The molecule has 0 spiro atoms. The molecule has 2 heterocycles. The van der Waals surface area contributed by atoms with Gasteiger partial charge in [-0.25, -0.2) is 0 Å². The van der Waals surface area contributed by atoms with Crippen LogP contribution in [0.1, 0.15) is 18.4 Å². The summed E-state index contributed by atoms with van der Waals surface area (Å²) in [5.74, 6) is 0. The predicted octanol–water partition coefficient (Wildman–Crippen LogP) is 1.22. The number of thiazole rings is 1. The molecule has 2 aromatic rings. The lowest BCUT2D eigenvalue weighted by atomic mass is 10.2. The SMILES string of the molecule is CN(C)c1ccc(C=c2sc3n(c2=O)CCCCN=3)cc1. The Morgan fingerprint density at radius 2 is 2.00 bits per heavy atom. The van der Waals surface area contributed by atoms with Gasteiger partial charge in [0, 0.05) is 32.9 Å². The maximum absolute atomic E-state index is 12.4. The first kappa shape index (κ1) is 14.1.